The molecule has 54 heavy (non-hydrogen) atoms. The Kier molecular flexibility index (Phi) is 6.93. The molecule has 2 aliphatic carbocycles. The standard InChI is InChI=1S/C51H37NOS/c1-51(2)44-30-29-42-40-14-7-9-18-47(40)54-50(42)48(44)43-28-27-37(31-45(43)51)52(35-23-19-33(20-24-35)32-11-4-3-5-12-32)36-25-21-34(22-26-36)38-15-10-16-41-39-13-6-8-17-46(39)53-49(38)41/h3-30,37H,31H2,1-2H3. The predicted octanol–water partition coefficient (Wildman–Crippen LogP) is 14.5. The minimum atomic E-state index is -0.0734. The van der Waals surface area contributed by atoms with Gasteiger partial charge in [-0.15, -0.1) is 11.3 Å². The van der Waals surface area contributed by atoms with Crippen LogP contribution in [0.15, 0.2) is 180 Å². The number of para-hydroxylation sites is 2. The van der Waals surface area contributed by atoms with E-state index in [1.54, 1.807) is 0 Å². The summed E-state index contributed by atoms with van der Waals surface area (Å²) in [6.07, 6.45) is 5.83. The molecule has 0 amide bonds. The Labute approximate surface area is 318 Å². The van der Waals surface area contributed by atoms with Crippen molar-refractivity contribution in [3.8, 4) is 22.3 Å². The van der Waals surface area contributed by atoms with E-state index in [2.05, 4.69) is 183 Å². The molecule has 2 nitrogen and oxygen atoms in total. The second-order valence-corrected chi connectivity index (χ2v) is 16.3. The van der Waals surface area contributed by atoms with Gasteiger partial charge in [0.15, 0.2) is 0 Å². The number of rotatable bonds is 5. The van der Waals surface area contributed by atoms with Crippen LogP contribution in [-0.2, 0) is 5.41 Å². The third-order valence-corrected chi connectivity index (χ3v) is 13.1. The van der Waals surface area contributed by atoms with E-state index >= 15 is 0 Å². The van der Waals surface area contributed by atoms with Gasteiger partial charge >= 0.3 is 0 Å². The van der Waals surface area contributed by atoms with Crippen molar-refractivity contribution >= 4 is 70.4 Å². The highest BCUT2D eigenvalue weighted by atomic mass is 32.1. The molecule has 0 spiro atoms. The van der Waals surface area contributed by atoms with E-state index in [1.807, 2.05) is 17.4 Å². The van der Waals surface area contributed by atoms with Crippen LogP contribution in [0.5, 0.6) is 0 Å². The molecule has 0 N–H and O–H groups in total. The van der Waals surface area contributed by atoms with E-state index in [0.29, 0.717) is 0 Å². The highest BCUT2D eigenvalue weighted by Gasteiger charge is 2.41. The number of thiophene rings is 1. The molecule has 2 heterocycles. The first kappa shape index (κ1) is 31.4. The first-order valence-electron chi connectivity index (χ1n) is 18.9. The summed E-state index contributed by atoms with van der Waals surface area (Å²) in [6, 6.07) is 57.4. The summed E-state index contributed by atoms with van der Waals surface area (Å²) in [6.45, 7) is 4.85. The highest BCUT2D eigenvalue weighted by Crippen LogP contribution is 2.55. The van der Waals surface area contributed by atoms with E-state index in [4.69, 9.17) is 4.42 Å². The number of furan rings is 1. The Balaban J connectivity index is 1.01. The lowest BCUT2D eigenvalue weighted by molar-refractivity contribution is 0.585. The van der Waals surface area contributed by atoms with Gasteiger partial charge in [-0.3, -0.25) is 0 Å². The lowest BCUT2D eigenvalue weighted by Crippen LogP contribution is -2.33. The normalized spacial score (nSPS) is 16.1. The fraction of sp³-hybridized carbons (Fsp3) is 0.0980. The molecule has 2 aromatic heterocycles. The lowest BCUT2D eigenvalue weighted by Gasteiger charge is -2.37. The van der Waals surface area contributed by atoms with Gasteiger partial charge in [0.1, 0.15) is 11.2 Å². The van der Waals surface area contributed by atoms with Gasteiger partial charge < -0.3 is 9.32 Å². The molecule has 0 aliphatic heterocycles. The molecule has 1 atom stereocenters. The van der Waals surface area contributed by atoms with Crippen LogP contribution in [0, 0.1) is 0 Å². The molecular weight excluding hydrogens is 675 g/mol. The topological polar surface area (TPSA) is 16.4 Å². The van der Waals surface area contributed by atoms with Crippen LogP contribution in [0.25, 0.3) is 69.9 Å². The Morgan fingerprint density at radius 2 is 1.26 bits per heavy atom. The van der Waals surface area contributed by atoms with Crippen molar-refractivity contribution in [2.24, 2.45) is 0 Å². The summed E-state index contributed by atoms with van der Waals surface area (Å²) in [5.41, 5.74) is 14.7. The zero-order valence-corrected chi connectivity index (χ0v) is 31.0. The molecule has 0 radical (unpaired) electrons. The zero-order chi connectivity index (χ0) is 36.0. The van der Waals surface area contributed by atoms with E-state index in [9.17, 15) is 0 Å². The van der Waals surface area contributed by atoms with Crippen LogP contribution < -0.4 is 4.90 Å². The monoisotopic (exact) mass is 711 g/mol. The smallest absolute Gasteiger partial charge is 0.143 e. The number of hydrogen-bond donors (Lipinski definition) is 0. The van der Waals surface area contributed by atoms with Gasteiger partial charge in [0.05, 0.1) is 6.04 Å². The van der Waals surface area contributed by atoms with Crippen LogP contribution in [0.4, 0.5) is 11.4 Å². The number of allylic oxidation sites excluding steroid dienone is 2. The molecule has 1 unspecified atom stereocenters. The molecule has 258 valence electrons. The zero-order valence-electron chi connectivity index (χ0n) is 30.2. The molecule has 0 fully saturated rings. The second kappa shape index (κ2) is 11.9. The van der Waals surface area contributed by atoms with Gasteiger partial charge in [0.2, 0.25) is 0 Å². The van der Waals surface area contributed by atoms with E-state index < -0.39 is 0 Å². The first-order chi connectivity index (χ1) is 26.5. The third kappa shape index (κ3) is 4.71. The number of nitrogens with zero attached hydrogens (tertiary/aromatic N) is 1. The first-order valence-corrected chi connectivity index (χ1v) is 19.7. The van der Waals surface area contributed by atoms with Gasteiger partial charge in [-0.1, -0.05) is 147 Å². The summed E-state index contributed by atoms with van der Waals surface area (Å²) in [5.74, 6) is 0. The van der Waals surface area contributed by atoms with Crippen molar-refractivity contribution in [3.05, 3.63) is 187 Å². The second-order valence-electron chi connectivity index (χ2n) is 15.2. The summed E-state index contributed by atoms with van der Waals surface area (Å²) in [7, 11) is 0. The molecule has 7 aromatic carbocycles. The summed E-state index contributed by atoms with van der Waals surface area (Å²) in [4.78, 5) is 2.54. The molecule has 2 aliphatic rings. The Hall–Kier alpha value is -6.16. The van der Waals surface area contributed by atoms with Crippen molar-refractivity contribution in [1.29, 1.82) is 0 Å². The van der Waals surface area contributed by atoms with Crippen molar-refractivity contribution in [1.82, 2.24) is 0 Å². The fourth-order valence-corrected chi connectivity index (χ4v) is 10.5. The SMILES string of the molecule is CC1(C)C2=C(C=CC(N(c3ccc(-c4ccccc4)cc3)c3ccc(-c4cccc5c4oc4ccccc45)cc3)C2)c2c1ccc1c2sc2ccccc21. The molecule has 3 heteroatoms. The molecule has 11 rings (SSSR count). The molecule has 0 saturated heterocycles. The number of benzene rings is 7. The third-order valence-electron chi connectivity index (χ3n) is 11.9. The van der Waals surface area contributed by atoms with Gasteiger partial charge in [-0.05, 0) is 76.2 Å². The van der Waals surface area contributed by atoms with E-state index in [0.717, 1.165) is 39.5 Å². The fourth-order valence-electron chi connectivity index (χ4n) is 9.19. The Morgan fingerprint density at radius 3 is 2.06 bits per heavy atom. The van der Waals surface area contributed by atoms with Crippen LogP contribution >= 0.6 is 11.3 Å². The Bertz CT molecular complexity index is 2980. The van der Waals surface area contributed by atoms with Crippen LogP contribution in [0.3, 0.4) is 0 Å². The highest BCUT2D eigenvalue weighted by molar-refractivity contribution is 7.26. The lowest BCUT2D eigenvalue weighted by atomic mass is 9.77. The van der Waals surface area contributed by atoms with Gasteiger partial charge in [0.25, 0.3) is 0 Å². The molecule has 0 bridgehead atoms. The predicted molar refractivity (Wildman–Crippen MR) is 230 cm³/mol. The minimum Gasteiger partial charge on any atom is -0.455 e. The van der Waals surface area contributed by atoms with E-state index in [-0.39, 0.29) is 11.5 Å². The van der Waals surface area contributed by atoms with Crippen LogP contribution in [0.2, 0.25) is 0 Å². The van der Waals surface area contributed by atoms with Crippen molar-refractivity contribution < 1.29 is 4.42 Å². The summed E-state index contributed by atoms with van der Waals surface area (Å²) in [5, 5.41) is 5.03. The summed E-state index contributed by atoms with van der Waals surface area (Å²) >= 11 is 1.94. The van der Waals surface area contributed by atoms with Crippen LogP contribution in [0.1, 0.15) is 31.4 Å². The molecule has 9 aromatic rings. The number of anilines is 2. The largest absolute Gasteiger partial charge is 0.455 e. The van der Waals surface area contributed by atoms with Crippen molar-refractivity contribution in [2.45, 2.75) is 31.7 Å². The summed E-state index contributed by atoms with van der Waals surface area (Å²) < 4.78 is 9.21. The average Bonchev–Trinajstić information content (AvgIpc) is 3.87. The maximum atomic E-state index is 6.43. The molecular formula is C51H37NOS. The Morgan fingerprint density at radius 1 is 0.593 bits per heavy atom. The van der Waals surface area contributed by atoms with E-state index in [1.165, 1.54) is 64.9 Å². The molecule has 0 saturated carbocycles. The van der Waals surface area contributed by atoms with Crippen molar-refractivity contribution in [3.63, 3.8) is 0 Å². The van der Waals surface area contributed by atoms with Gasteiger partial charge in [-0.25, -0.2) is 0 Å². The van der Waals surface area contributed by atoms with Crippen LogP contribution in [-0.4, -0.2) is 6.04 Å². The maximum absolute atomic E-state index is 6.43. The number of hydrogen-bond acceptors (Lipinski definition) is 3. The maximum Gasteiger partial charge on any atom is 0.143 e. The van der Waals surface area contributed by atoms with Gasteiger partial charge in [0, 0.05) is 58.9 Å². The number of fused-ring (bicyclic) bond motifs is 9. The minimum absolute atomic E-state index is 0.0734. The average molecular weight is 712 g/mol. The quantitative estimate of drug-likeness (QED) is 0.177. The van der Waals surface area contributed by atoms with Crippen molar-refractivity contribution in [2.75, 3.05) is 4.90 Å². The van der Waals surface area contributed by atoms with Gasteiger partial charge in [-0.2, -0.15) is 0 Å².